The van der Waals surface area contributed by atoms with E-state index in [2.05, 4.69) is 65.5 Å². The van der Waals surface area contributed by atoms with Crippen LogP contribution in [0, 0.1) is 6.92 Å². The van der Waals surface area contributed by atoms with Crippen LogP contribution in [0.15, 0.2) is 29.4 Å². The number of thioether (sulfide) groups is 1. The highest BCUT2D eigenvalue weighted by molar-refractivity contribution is 7.99. The molecule has 0 spiro atoms. The van der Waals surface area contributed by atoms with Crippen molar-refractivity contribution in [2.45, 2.75) is 44.8 Å². The second-order valence-electron chi connectivity index (χ2n) is 5.45. The Labute approximate surface area is 131 Å². The van der Waals surface area contributed by atoms with E-state index in [1.165, 1.54) is 11.1 Å². The van der Waals surface area contributed by atoms with Crippen LogP contribution in [-0.4, -0.2) is 27.5 Å². The van der Waals surface area contributed by atoms with Gasteiger partial charge in [0.2, 0.25) is 5.16 Å². The van der Waals surface area contributed by atoms with Gasteiger partial charge in [0.15, 0.2) is 0 Å². The molecule has 0 aliphatic rings. The highest BCUT2D eigenvalue weighted by Crippen LogP contribution is 2.24. The maximum Gasteiger partial charge on any atom is 0.208 e. The van der Waals surface area contributed by atoms with Crippen LogP contribution in [0.3, 0.4) is 0 Å². The minimum Gasteiger partial charge on any atom is -0.309 e. The summed E-state index contributed by atoms with van der Waals surface area (Å²) in [4.78, 5) is 4.34. The fourth-order valence-corrected chi connectivity index (χ4v) is 3.11. The zero-order valence-electron chi connectivity index (χ0n) is 13.2. The second kappa shape index (κ2) is 7.61. The molecule has 1 aromatic heterocycles. The van der Waals surface area contributed by atoms with Gasteiger partial charge < -0.3 is 5.32 Å². The van der Waals surface area contributed by atoms with E-state index < -0.39 is 0 Å². The molecule has 0 bridgehead atoms. The number of aryl methyl sites for hydroxylation is 1. The maximum absolute atomic E-state index is 4.34. The molecule has 1 heterocycles. The molecule has 1 aromatic carbocycles. The molecule has 2 rings (SSSR count). The predicted molar refractivity (Wildman–Crippen MR) is 88.8 cm³/mol. The summed E-state index contributed by atoms with van der Waals surface area (Å²) in [5.41, 5.74) is 2.70. The number of aromatic amines is 1. The lowest BCUT2D eigenvalue weighted by molar-refractivity contribution is 0.605. The molecule has 1 atom stereocenters. The Morgan fingerprint density at radius 2 is 1.86 bits per heavy atom. The van der Waals surface area contributed by atoms with Crippen molar-refractivity contribution in [3.8, 4) is 0 Å². The number of benzene rings is 1. The normalized spacial score (nSPS) is 12.8. The van der Waals surface area contributed by atoms with Crippen LogP contribution in [-0.2, 0) is 0 Å². The average molecular weight is 304 g/mol. The third-order valence-corrected chi connectivity index (χ3v) is 4.35. The summed E-state index contributed by atoms with van der Waals surface area (Å²) in [5, 5.41) is 11.4. The van der Waals surface area contributed by atoms with E-state index in [0.29, 0.717) is 12.0 Å². The average Bonchev–Trinajstić information content (AvgIpc) is 2.89. The van der Waals surface area contributed by atoms with E-state index in [1.54, 1.807) is 11.8 Å². The van der Waals surface area contributed by atoms with Crippen LogP contribution in [0.1, 0.15) is 49.7 Å². The number of nitrogens with one attached hydrogen (secondary N) is 2. The van der Waals surface area contributed by atoms with E-state index in [9.17, 15) is 0 Å². The fraction of sp³-hybridized carbons (Fsp3) is 0.500. The van der Waals surface area contributed by atoms with Crippen molar-refractivity contribution < 1.29 is 0 Å². The van der Waals surface area contributed by atoms with Crippen molar-refractivity contribution in [3.05, 3.63) is 41.2 Å². The first-order chi connectivity index (χ1) is 10.1. The number of H-pyrrole nitrogens is 1. The predicted octanol–water partition coefficient (Wildman–Crippen LogP) is 3.68. The Morgan fingerprint density at radius 1 is 1.19 bits per heavy atom. The summed E-state index contributed by atoms with van der Waals surface area (Å²) in [5.74, 6) is 2.35. The fourth-order valence-electron chi connectivity index (χ4n) is 2.18. The van der Waals surface area contributed by atoms with Crippen molar-refractivity contribution in [3.63, 3.8) is 0 Å². The van der Waals surface area contributed by atoms with Crippen molar-refractivity contribution >= 4 is 11.8 Å². The molecule has 0 amide bonds. The van der Waals surface area contributed by atoms with Crippen molar-refractivity contribution in [1.29, 1.82) is 0 Å². The number of hydrogen-bond acceptors (Lipinski definition) is 4. The molecule has 5 heteroatoms. The topological polar surface area (TPSA) is 53.6 Å². The molecule has 1 unspecified atom stereocenters. The summed E-state index contributed by atoms with van der Waals surface area (Å²) < 4.78 is 0. The minimum atomic E-state index is 0.319. The highest BCUT2D eigenvalue weighted by Gasteiger charge is 2.13. The Morgan fingerprint density at radius 3 is 2.38 bits per heavy atom. The monoisotopic (exact) mass is 304 g/mol. The Bertz CT molecular complexity index is 548. The number of aromatic nitrogens is 3. The van der Waals surface area contributed by atoms with E-state index in [4.69, 9.17) is 0 Å². The summed E-state index contributed by atoms with van der Waals surface area (Å²) in [7, 11) is 0. The molecule has 2 aromatic rings. The van der Waals surface area contributed by atoms with Gasteiger partial charge in [0.25, 0.3) is 0 Å². The van der Waals surface area contributed by atoms with Gasteiger partial charge in [-0.05, 0) is 30.5 Å². The third-order valence-electron chi connectivity index (χ3n) is 3.41. The first-order valence-corrected chi connectivity index (χ1v) is 8.43. The van der Waals surface area contributed by atoms with Gasteiger partial charge in [-0.1, -0.05) is 56.8 Å². The van der Waals surface area contributed by atoms with E-state index in [1.807, 2.05) is 6.92 Å². The van der Waals surface area contributed by atoms with Gasteiger partial charge in [-0.2, -0.15) is 0 Å². The van der Waals surface area contributed by atoms with Gasteiger partial charge >= 0.3 is 0 Å². The molecular formula is C16H24N4S. The third kappa shape index (κ3) is 4.58. The molecule has 0 radical (unpaired) electrons. The maximum atomic E-state index is 4.34. The zero-order valence-corrected chi connectivity index (χ0v) is 14.0. The van der Waals surface area contributed by atoms with Gasteiger partial charge in [-0.25, -0.2) is 4.98 Å². The van der Waals surface area contributed by atoms with Gasteiger partial charge in [-0.15, -0.1) is 5.10 Å². The van der Waals surface area contributed by atoms with Gasteiger partial charge in [-0.3, -0.25) is 5.10 Å². The molecule has 0 saturated heterocycles. The lowest BCUT2D eigenvalue weighted by Gasteiger charge is -2.18. The standard InChI is InChI=1S/C16H24N4S/c1-5-17-15(10-21-16-18-12(4)19-20-16)14-8-6-13(7-9-14)11(2)3/h6-9,11,15,17H,5,10H2,1-4H3,(H,18,19,20). The number of rotatable bonds is 7. The lowest BCUT2D eigenvalue weighted by Crippen LogP contribution is -2.23. The van der Waals surface area contributed by atoms with Crippen molar-refractivity contribution in [2.75, 3.05) is 12.3 Å². The zero-order chi connectivity index (χ0) is 15.2. The number of hydrogen-bond donors (Lipinski definition) is 2. The van der Waals surface area contributed by atoms with E-state index in [-0.39, 0.29) is 0 Å². The molecular weight excluding hydrogens is 280 g/mol. The molecule has 4 nitrogen and oxygen atoms in total. The summed E-state index contributed by atoms with van der Waals surface area (Å²) in [6.45, 7) is 9.45. The van der Waals surface area contributed by atoms with Gasteiger partial charge in [0.1, 0.15) is 5.82 Å². The van der Waals surface area contributed by atoms with Gasteiger partial charge in [0, 0.05) is 11.8 Å². The first-order valence-electron chi connectivity index (χ1n) is 7.45. The quantitative estimate of drug-likeness (QED) is 0.766. The molecule has 0 saturated carbocycles. The van der Waals surface area contributed by atoms with Gasteiger partial charge in [0.05, 0.1) is 0 Å². The number of nitrogens with zero attached hydrogens (tertiary/aromatic N) is 2. The largest absolute Gasteiger partial charge is 0.309 e. The minimum absolute atomic E-state index is 0.319. The van der Waals surface area contributed by atoms with Crippen molar-refractivity contribution in [1.82, 2.24) is 20.5 Å². The van der Waals surface area contributed by atoms with Crippen molar-refractivity contribution in [2.24, 2.45) is 0 Å². The lowest BCUT2D eigenvalue weighted by atomic mass is 9.99. The Balaban J connectivity index is 2.03. The molecule has 114 valence electrons. The van der Waals surface area contributed by atoms with Crippen LogP contribution in [0.2, 0.25) is 0 Å². The van der Waals surface area contributed by atoms with Crippen LogP contribution in [0.5, 0.6) is 0 Å². The molecule has 0 aliphatic carbocycles. The summed E-state index contributed by atoms with van der Waals surface area (Å²) >= 11 is 1.68. The molecule has 21 heavy (non-hydrogen) atoms. The second-order valence-corrected chi connectivity index (χ2v) is 6.43. The van der Waals surface area contributed by atoms with Crippen LogP contribution in [0.4, 0.5) is 0 Å². The Hall–Kier alpha value is -1.33. The summed E-state index contributed by atoms with van der Waals surface area (Å²) in [6.07, 6.45) is 0. The SMILES string of the molecule is CCNC(CSc1n[nH]c(C)n1)c1ccc(C(C)C)cc1. The van der Waals surface area contributed by atoms with E-state index in [0.717, 1.165) is 23.3 Å². The van der Waals surface area contributed by atoms with E-state index >= 15 is 0 Å². The molecule has 0 aliphatic heterocycles. The summed E-state index contributed by atoms with van der Waals surface area (Å²) in [6, 6.07) is 9.23. The molecule has 0 fully saturated rings. The molecule has 2 N–H and O–H groups in total. The Kier molecular flexibility index (Phi) is 5.82. The van der Waals surface area contributed by atoms with Crippen LogP contribution >= 0.6 is 11.8 Å². The van der Waals surface area contributed by atoms with Crippen LogP contribution in [0.25, 0.3) is 0 Å². The highest BCUT2D eigenvalue weighted by atomic mass is 32.2. The smallest absolute Gasteiger partial charge is 0.208 e. The first kappa shape index (κ1) is 16.0. The van der Waals surface area contributed by atoms with Crippen LogP contribution < -0.4 is 5.32 Å².